The van der Waals surface area contributed by atoms with Crippen molar-refractivity contribution in [3.05, 3.63) is 29.8 Å². The number of piperidine rings is 1. The molecule has 0 saturated carbocycles. The molecule has 0 bridgehead atoms. The molecule has 5 heteroatoms. The number of carbonyl (C=O) groups excluding carboxylic acids is 1. The van der Waals surface area contributed by atoms with E-state index in [1.807, 2.05) is 32.5 Å². The van der Waals surface area contributed by atoms with Gasteiger partial charge in [-0.15, -0.1) is 11.8 Å². The zero-order chi connectivity index (χ0) is 17.6. The van der Waals surface area contributed by atoms with Crippen molar-refractivity contribution in [1.82, 2.24) is 15.5 Å². The zero-order valence-electron chi connectivity index (χ0n) is 15.4. The molecule has 2 amide bonds. The number of benzene rings is 1. The third kappa shape index (κ3) is 6.36. The molecular weight excluding hydrogens is 318 g/mol. The second kappa shape index (κ2) is 8.77. The SMILES string of the molecule is CSc1ccccc1CN1CCC(CNC(=O)NC(C)(C)C)CC1. The van der Waals surface area contributed by atoms with E-state index >= 15 is 0 Å². The van der Waals surface area contributed by atoms with E-state index in [2.05, 4.69) is 46.1 Å². The van der Waals surface area contributed by atoms with Crippen LogP contribution in [0, 0.1) is 5.92 Å². The van der Waals surface area contributed by atoms with Gasteiger partial charge in [0, 0.05) is 23.5 Å². The average molecular weight is 350 g/mol. The summed E-state index contributed by atoms with van der Waals surface area (Å²) in [5, 5.41) is 5.97. The Hall–Kier alpha value is -1.20. The smallest absolute Gasteiger partial charge is 0.315 e. The van der Waals surface area contributed by atoms with Gasteiger partial charge < -0.3 is 10.6 Å². The fourth-order valence-electron chi connectivity index (χ4n) is 3.04. The van der Waals surface area contributed by atoms with E-state index in [4.69, 9.17) is 0 Å². The van der Waals surface area contributed by atoms with Crippen molar-refractivity contribution in [2.75, 3.05) is 25.9 Å². The van der Waals surface area contributed by atoms with Crippen LogP contribution in [-0.4, -0.2) is 42.4 Å². The molecular formula is C19H31N3OS. The number of hydrogen-bond acceptors (Lipinski definition) is 3. The number of amides is 2. The van der Waals surface area contributed by atoms with Gasteiger partial charge in [0.1, 0.15) is 0 Å². The van der Waals surface area contributed by atoms with Gasteiger partial charge in [-0.1, -0.05) is 18.2 Å². The molecule has 134 valence electrons. The van der Waals surface area contributed by atoms with Gasteiger partial charge in [-0.2, -0.15) is 0 Å². The molecule has 2 rings (SSSR count). The highest BCUT2D eigenvalue weighted by atomic mass is 32.2. The lowest BCUT2D eigenvalue weighted by atomic mass is 9.96. The highest BCUT2D eigenvalue weighted by molar-refractivity contribution is 7.98. The lowest BCUT2D eigenvalue weighted by Gasteiger charge is -2.32. The highest BCUT2D eigenvalue weighted by Gasteiger charge is 2.21. The number of carbonyl (C=O) groups is 1. The summed E-state index contributed by atoms with van der Waals surface area (Å²) < 4.78 is 0. The molecule has 0 unspecified atom stereocenters. The number of hydrogen-bond donors (Lipinski definition) is 2. The molecule has 1 aromatic rings. The summed E-state index contributed by atoms with van der Waals surface area (Å²) in [7, 11) is 0. The van der Waals surface area contributed by atoms with Gasteiger partial charge >= 0.3 is 6.03 Å². The van der Waals surface area contributed by atoms with Crippen molar-refractivity contribution in [3.8, 4) is 0 Å². The minimum atomic E-state index is -0.182. The highest BCUT2D eigenvalue weighted by Crippen LogP contribution is 2.24. The zero-order valence-corrected chi connectivity index (χ0v) is 16.2. The molecule has 0 atom stereocenters. The van der Waals surface area contributed by atoms with Crippen LogP contribution in [0.4, 0.5) is 4.79 Å². The van der Waals surface area contributed by atoms with Gasteiger partial charge in [-0.05, 0) is 70.5 Å². The van der Waals surface area contributed by atoms with Gasteiger partial charge in [0.25, 0.3) is 0 Å². The molecule has 0 spiro atoms. The predicted molar refractivity (Wildman–Crippen MR) is 103 cm³/mol. The molecule has 1 aliphatic rings. The van der Waals surface area contributed by atoms with E-state index in [0.29, 0.717) is 5.92 Å². The molecule has 1 heterocycles. The van der Waals surface area contributed by atoms with Crippen LogP contribution in [0.3, 0.4) is 0 Å². The fourth-order valence-corrected chi connectivity index (χ4v) is 3.65. The summed E-state index contributed by atoms with van der Waals surface area (Å²) in [5.74, 6) is 0.586. The average Bonchev–Trinajstić information content (AvgIpc) is 2.53. The van der Waals surface area contributed by atoms with Gasteiger partial charge in [-0.3, -0.25) is 4.90 Å². The summed E-state index contributed by atoms with van der Waals surface area (Å²) in [6, 6.07) is 8.61. The maximum atomic E-state index is 11.8. The first-order chi connectivity index (χ1) is 11.4. The molecule has 0 radical (unpaired) electrons. The minimum Gasteiger partial charge on any atom is -0.338 e. The van der Waals surface area contributed by atoms with Crippen molar-refractivity contribution < 1.29 is 4.79 Å². The van der Waals surface area contributed by atoms with Crippen molar-refractivity contribution in [3.63, 3.8) is 0 Å². The van der Waals surface area contributed by atoms with Crippen molar-refractivity contribution in [1.29, 1.82) is 0 Å². The summed E-state index contributed by atoms with van der Waals surface area (Å²) in [6.45, 7) is 10.0. The van der Waals surface area contributed by atoms with E-state index < -0.39 is 0 Å². The molecule has 1 aliphatic heterocycles. The Labute approximate surface area is 150 Å². The Morgan fingerprint density at radius 2 is 1.92 bits per heavy atom. The van der Waals surface area contributed by atoms with Gasteiger partial charge in [0.05, 0.1) is 0 Å². The van der Waals surface area contributed by atoms with Crippen LogP contribution in [0.1, 0.15) is 39.2 Å². The molecule has 1 saturated heterocycles. The Bertz CT molecular complexity index is 534. The van der Waals surface area contributed by atoms with Crippen LogP contribution >= 0.6 is 11.8 Å². The summed E-state index contributed by atoms with van der Waals surface area (Å²) in [6.07, 6.45) is 4.44. The topological polar surface area (TPSA) is 44.4 Å². The maximum Gasteiger partial charge on any atom is 0.315 e. The number of likely N-dealkylation sites (tertiary alicyclic amines) is 1. The first-order valence-corrected chi connectivity index (χ1v) is 10.00. The predicted octanol–water partition coefficient (Wildman–Crippen LogP) is 3.72. The van der Waals surface area contributed by atoms with E-state index in [1.54, 1.807) is 0 Å². The summed E-state index contributed by atoms with van der Waals surface area (Å²) in [4.78, 5) is 15.7. The maximum absolute atomic E-state index is 11.8. The Kier molecular flexibility index (Phi) is 6.99. The lowest BCUT2D eigenvalue weighted by Crippen LogP contribution is -2.48. The van der Waals surface area contributed by atoms with Gasteiger partial charge in [0.15, 0.2) is 0 Å². The Morgan fingerprint density at radius 3 is 2.54 bits per heavy atom. The summed E-state index contributed by atoms with van der Waals surface area (Å²) >= 11 is 1.82. The molecule has 0 aromatic heterocycles. The Morgan fingerprint density at radius 1 is 1.25 bits per heavy atom. The fraction of sp³-hybridized carbons (Fsp3) is 0.632. The monoisotopic (exact) mass is 349 g/mol. The van der Waals surface area contributed by atoms with Crippen LogP contribution < -0.4 is 10.6 Å². The first kappa shape index (κ1) is 19.1. The molecule has 4 nitrogen and oxygen atoms in total. The second-order valence-corrected chi connectivity index (χ2v) is 8.46. The summed E-state index contributed by atoms with van der Waals surface area (Å²) in [5.41, 5.74) is 1.24. The normalized spacial score (nSPS) is 16.8. The molecule has 24 heavy (non-hydrogen) atoms. The van der Waals surface area contributed by atoms with Crippen molar-refractivity contribution >= 4 is 17.8 Å². The number of nitrogens with zero attached hydrogens (tertiary/aromatic N) is 1. The molecule has 0 aliphatic carbocycles. The standard InChI is InChI=1S/C19H31N3OS/c1-19(2,3)21-18(23)20-13-15-9-11-22(12-10-15)14-16-7-5-6-8-17(16)24-4/h5-8,15H,9-14H2,1-4H3,(H2,20,21,23). The van der Waals surface area contributed by atoms with Crippen molar-refractivity contribution in [2.45, 2.75) is 50.6 Å². The Balaban J connectivity index is 1.72. The third-order valence-electron chi connectivity index (χ3n) is 4.33. The van der Waals surface area contributed by atoms with E-state index in [0.717, 1.165) is 39.0 Å². The van der Waals surface area contributed by atoms with Gasteiger partial charge in [-0.25, -0.2) is 4.79 Å². The van der Waals surface area contributed by atoms with Crippen LogP contribution in [0.2, 0.25) is 0 Å². The lowest BCUT2D eigenvalue weighted by molar-refractivity contribution is 0.173. The van der Waals surface area contributed by atoms with Gasteiger partial charge in [0.2, 0.25) is 0 Å². The molecule has 1 fully saturated rings. The van der Waals surface area contributed by atoms with E-state index in [-0.39, 0.29) is 11.6 Å². The third-order valence-corrected chi connectivity index (χ3v) is 5.17. The van der Waals surface area contributed by atoms with Crippen LogP contribution in [0.15, 0.2) is 29.2 Å². The van der Waals surface area contributed by atoms with Crippen LogP contribution in [0.5, 0.6) is 0 Å². The van der Waals surface area contributed by atoms with E-state index in [1.165, 1.54) is 10.5 Å². The van der Waals surface area contributed by atoms with Crippen LogP contribution in [-0.2, 0) is 6.54 Å². The quantitative estimate of drug-likeness (QED) is 0.796. The number of thioether (sulfide) groups is 1. The minimum absolute atomic E-state index is 0.0566. The number of urea groups is 1. The molecule has 2 N–H and O–H groups in total. The van der Waals surface area contributed by atoms with Crippen molar-refractivity contribution in [2.24, 2.45) is 5.92 Å². The molecule has 1 aromatic carbocycles. The van der Waals surface area contributed by atoms with E-state index in [9.17, 15) is 4.79 Å². The largest absolute Gasteiger partial charge is 0.338 e. The first-order valence-electron chi connectivity index (χ1n) is 8.77. The second-order valence-electron chi connectivity index (χ2n) is 7.62. The van der Waals surface area contributed by atoms with Crippen LogP contribution in [0.25, 0.3) is 0 Å². The number of rotatable bonds is 5. The number of nitrogens with one attached hydrogen (secondary N) is 2.